The maximum Gasteiger partial charge on any atom is 0.0998 e. The van der Waals surface area contributed by atoms with E-state index in [9.17, 15) is 5.26 Å². The summed E-state index contributed by atoms with van der Waals surface area (Å²) in [6.07, 6.45) is 0. The Kier molecular flexibility index (Phi) is 6.99. The standard InChI is InChI=1S/C43H30N2S/c44-31-33-30-38(46(35-14-4-1-5-15-35,36-16-6-2-7-17-36)37-18-8-3-9-19-37)28-29-39(33)32-24-26-34(27-25-32)45-42-22-12-10-20-40(42)41-21-11-13-23-43(41)45/h1-30H. The lowest BCUT2D eigenvalue weighted by Crippen LogP contribution is -2.05. The molecule has 0 aliphatic carbocycles. The second-order valence-electron chi connectivity index (χ2n) is 11.3. The number of nitriles is 1. The third-order valence-corrected chi connectivity index (χ3v) is 12.7. The van der Waals surface area contributed by atoms with Crippen molar-refractivity contribution in [3.8, 4) is 22.9 Å². The van der Waals surface area contributed by atoms with E-state index in [1.54, 1.807) is 0 Å². The summed E-state index contributed by atoms with van der Waals surface area (Å²) in [4.78, 5) is 4.84. The minimum Gasteiger partial charge on any atom is -0.309 e. The van der Waals surface area contributed by atoms with Gasteiger partial charge in [0.05, 0.1) is 22.7 Å². The number of hydrogen-bond acceptors (Lipinski definition) is 1. The summed E-state index contributed by atoms with van der Waals surface area (Å²) in [5.74, 6) is 0. The highest BCUT2D eigenvalue weighted by Gasteiger charge is 2.33. The average molecular weight is 607 g/mol. The van der Waals surface area contributed by atoms with Crippen molar-refractivity contribution < 1.29 is 0 Å². The zero-order chi connectivity index (χ0) is 30.9. The molecular weight excluding hydrogens is 577 g/mol. The predicted octanol–water partition coefficient (Wildman–Crippen LogP) is 11.7. The number of fused-ring (bicyclic) bond motifs is 3. The Labute approximate surface area is 270 Å². The second kappa shape index (κ2) is 11.6. The summed E-state index contributed by atoms with van der Waals surface area (Å²) in [5.41, 5.74) is 6.08. The van der Waals surface area contributed by atoms with Gasteiger partial charge in [-0.25, -0.2) is 0 Å². The Morgan fingerprint density at radius 1 is 0.435 bits per heavy atom. The quantitative estimate of drug-likeness (QED) is 0.185. The molecule has 0 atom stereocenters. The van der Waals surface area contributed by atoms with Gasteiger partial charge in [0.15, 0.2) is 0 Å². The van der Waals surface area contributed by atoms with Crippen LogP contribution in [0.5, 0.6) is 0 Å². The monoisotopic (exact) mass is 606 g/mol. The van der Waals surface area contributed by atoms with Crippen LogP contribution in [0.15, 0.2) is 202 Å². The molecule has 8 aromatic rings. The molecule has 0 bridgehead atoms. The lowest BCUT2D eigenvalue weighted by Gasteiger charge is -2.42. The molecule has 0 aliphatic heterocycles. The zero-order valence-electron chi connectivity index (χ0n) is 25.1. The van der Waals surface area contributed by atoms with E-state index in [0.717, 1.165) is 21.7 Å². The SMILES string of the molecule is N#Cc1cc(S(c2ccccc2)(c2ccccc2)c2ccccc2)ccc1-c1ccc(-n2c3ccccc3c3ccccc32)cc1. The molecule has 0 radical (unpaired) electrons. The summed E-state index contributed by atoms with van der Waals surface area (Å²) in [5, 5.41) is 13.1. The van der Waals surface area contributed by atoms with Crippen molar-refractivity contribution in [2.24, 2.45) is 0 Å². The normalized spacial score (nSPS) is 11.8. The van der Waals surface area contributed by atoms with E-state index in [1.165, 1.54) is 36.5 Å². The maximum absolute atomic E-state index is 10.6. The molecule has 1 heterocycles. The van der Waals surface area contributed by atoms with Crippen LogP contribution in [0, 0.1) is 11.3 Å². The van der Waals surface area contributed by atoms with Crippen molar-refractivity contribution in [2.75, 3.05) is 0 Å². The van der Waals surface area contributed by atoms with Crippen molar-refractivity contribution in [1.82, 2.24) is 4.57 Å². The topological polar surface area (TPSA) is 28.7 Å². The van der Waals surface area contributed by atoms with Crippen molar-refractivity contribution in [3.63, 3.8) is 0 Å². The van der Waals surface area contributed by atoms with Crippen LogP contribution in [0.4, 0.5) is 0 Å². The van der Waals surface area contributed by atoms with Gasteiger partial charge < -0.3 is 4.57 Å². The van der Waals surface area contributed by atoms with Crippen LogP contribution in [0.2, 0.25) is 0 Å². The van der Waals surface area contributed by atoms with Gasteiger partial charge in [-0.05, 0) is 83.9 Å². The number of aromatic nitrogens is 1. The minimum atomic E-state index is -1.88. The molecule has 2 nitrogen and oxygen atoms in total. The molecule has 218 valence electrons. The van der Waals surface area contributed by atoms with E-state index >= 15 is 0 Å². The Hall–Kier alpha value is -5.82. The lowest BCUT2D eigenvalue weighted by molar-refractivity contribution is 1.18. The van der Waals surface area contributed by atoms with Crippen LogP contribution in [-0.4, -0.2) is 4.57 Å². The molecule has 0 saturated carbocycles. The third-order valence-electron chi connectivity index (χ3n) is 8.77. The molecule has 0 fully saturated rings. The van der Waals surface area contributed by atoms with E-state index in [4.69, 9.17) is 0 Å². The van der Waals surface area contributed by atoms with E-state index in [-0.39, 0.29) is 0 Å². The number of para-hydroxylation sites is 2. The Balaban J connectivity index is 1.28. The van der Waals surface area contributed by atoms with Crippen LogP contribution < -0.4 is 0 Å². The van der Waals surface area contributed by atoms with E-state index < -0.39 is 10.0 Å². The number of rotatable bonds is 6. The average Bonchev–Trinajstić information content (AvgIpc) is 3.48. The molecule has 0 spiro atoms. The fraction of sp³-hybridized carbons (Fsp3) is 0. The van der Waals surface area contributed by atoms with Crippen LogP contribution in [0.25, 0.3) is 38.6 Å². The highest BCUT2D eigenvalue weighted by atomic mass is 32.3. The molecule has 3 heteroatoms. The highest BCUT2D eigenvalue weighted by molar-refractivity contribution is 8.34. The van der Waals surface area contributed by atoms with Gasteiger partial charge in [-0.2, -0.15) is 5.26 Å². The molecule has 7 aromatic carbocycles. The smallest absolute Gasteiger partial charge is 0.0998 e. The highest BCUT2D eigenvalue weighted by Crippen LogP contribution is 2.73. The molecule has 0 N–H and O–H groups in total. The number of nitrogens with zero attached hydrogens (tertiary/aromatic N) is 2. The predicted molar refractivity (Wildman–Crippen MR) is 191 cm³/mol. The van der Waals surface area contributed by atoms with Crippen LogP contribution >= 0.6 is 10.0 Å². The third kappa shape index (κ3) is 4.43. The number of benzene rings is 7. The molecular formula is C43H30N2S. The Morgan fingerprint density at radius 3 is 1.37 bits per heavy atom. The molecule has 8 rings (SSSR count). The fourth-order valence-corrected chi connectivity index (χ4v) is 10.6. The molecule has 0 saturated heterocycles. The minimum absolute atomic E-state index is 0.668. The van der Waals surface area contributed by atoms with Crippen molar-refractivity contribution >= 4 is 31.8 Å². The van der Waals surface area contributed by atoms with Gasteiger partial charge in [0.1, 0.15) is 0 Å². The van der Waals surface area contributed by atoms with Crippen LogP contribution in [0.3, 0.4) is 0 Å². The van der Waals surface area contributed by atoms with Crippen LogP contribution in [0.1, 0.15) is 5.56 Å². The molecule has 46 heavy (non-hydrogen) atoms. The summed E-state index contributed by atoms with van der Waals surface area (Å²) < 4.78 is 2.32. The van der Waals surface area contributed by atoms with Crippen LogP contribution in [-0.2, 0) is 0 Å². The van der Waals surface area contributed by atoms with Gasteiger partial charge in [0, 0.05) is 36.0 Å². The first-order chi connectivity index (χ1) is 22.8. The lowest BCUT2D eigenvalue weighted by atomic mass is 10.00. The molecule has 0 unspecified atom stereocenters. The molecule has 0 aliphatic rings. The van der Waals surface area contributed by atoms with Crippen molar-refractivity contribution in [1.29, 1.82) is 5.26 Å². The summed E-state index contributed by atoms with van der Waals surface area (Å²) in [6.45, 7) is 0. The number of hydrogen-bond donors (Lipinski definition) is 0. The largest absolute Gasteiger partial charge is 0.309 e. The van der Waals surface area contributed by atoms with E-state index in [1.807, 2.05) is 0 Å². The first-order valence-electron chi connectivity index (χ1n) is 15.4. The summed E-state index contributed by atoms with van der Waals surface area (Å²) >= 11 is 0. The van der Waals surface area contributed by atoms with Gasteiger partial charge in [-0.3, -0.25) is 0 Å². The van der Waals surface area contributed by atoms with Gasteiger partial charge in [0.2, 0.25) is 0 Å². The first-order valence-corrected chi connectivity index (χ1v) is 17.0. The van der Waals surface area contributed by atoms with Gasteiger partial charge in [-0.1, -0.05) is 109 Å². The van der Waals surface area contributed by atoms with Crippen molar-refractivity contribution in [3.05, 3.63) is 188 Å². The van der Waals surface area contributed by atoms with Crippen molar-refractivity contribution in [2.45, 2.75) is 19.6 Å². The summed E-state index contributed by atoms with van der Waals surface area (Å²) in [6, 6.07) is 67.0. The molecule has 1 aromatic heterocycles. The summed E-state index contributed by atoms with van der Waals surface area (Å²) in [7, 11) is -1.88. The van der Waals surface area contributed by atoms with Gasteiger partial charge in [0.25, 0.3) is 0 Å². The van der Waals surface area contributed by atoms with E-state index in [0.29, 0.717) is 5.56 Å². The van der Waals surface area contributed by atoms with Gasteiger partial charge >= 0.3 is 0 Å². The van der Waals surface area contributed by atoms with E-state index in [2.05, 4.69) is 193 Å². The Morgan fingerprint density at radius 2 is 0.891 bits per heavy atom. The van der Waals surface area contributed by atoms with Gasteiger partial charge in [-0.15, -0.1) is 10.0 Å². The Bertz CT molecular complexity index is 2200. The fourth-order valence-electron chi connectivity index (χ4n) is 6.74. The first kappa shape index (κ1) is 27.7. The second-order valence-corrected chi connectivity index (χ2v) is 14.4. The zero-order valence-corrected chi connectivity index (χ0v) is 25.9. The maximum atomic E-state index is 10.6. The molecule has 0 amide bonds.